The number of rotatable bonds is 7. The fourth-order valence-corrected chi connectivity index (χ4v) is 3.09. The van der Waals surface area contributed by atoms with E-state index in [-0.39, 0.29) is 0 Å². The van der Waals surface area contributed by atoms with Crippen LogP contribution >= 0.6 is 27.3 Å². The van der Waals surface area contributed by atoms with Crippen LogP contribution in [0.3, 0.4) is 0 Å². The third-order valence-corrected chi connectivity index (χ3v) is 4.02. The first-order chi connectivity index (χ1) is 7.29. The highest BCUT2D eigenvalue weighted by Crippen LogP contribution is 2.29. The SMILES string of the molecule is CCCNC(CCOC)c1cscc1Br. The van der Waals surface area contributed by atoms with Crippen LogP contribution in [0.1, 0.15) is 31.4 Å². The summed E-state index contributed by atoms with van der Waals surface area (Å²) in [5.74, 6) is 0. The predicted molar refractivity (Wildman–Crippen MR) is 69.5 cm³/mol. The standard InChI is InChI=1S/C11H18BrNOS/c1-3-5-13-11(4-6-14-2)9-7-15-8-10(9)12/h7-8,11,13H,3-6H2,1-2H3. The molecular weight excluding hydrogens is 274 g/mol. The van der Waals surface area contributed by atoms with Gasteiger partial charge in [0, 0.05) is 29.6 Å². The highest BCUT2D eigenvalue weighted by atomic mass is 79.9. The molecule has 4 heteroatoms. The van der Waals surface area contributed by atoms with Gasteiger partial charge in [-0.2, -0.15) is 11.3 Å². The number of hydrogen-bond donors (Lipinski definition) is 1. The van der Waals surface area contributed by atoms with Crippen molar-refractivity contribution in [3.8, 4) is 0 Å². The van der Waals surface area contributed by atoms with Gasteiger partial charge in [0.25, 0.3) is 0 Å². The van der Waals surface area contributed by atoms with Gasteiger partial charge >= 0.3 is 0 Å². The molecule has 0 aromatic carbocycles. The van der Waals surface area contributed by atoms with E-state index >= 15 is 0 Å². The first-order valence-electron chi connectivity index (χ1n) is 5.23. The number of ether oxygens (including phenoxy) is 1. The summed E-state index contributed by atoms with van der Waals surface area (Å²) in [7, 11) is 1.75. The molecule has 0 aliphatic heterocycles. The highest BCUT2D eigenvalue weighted by molar-refractivity contribution is 9.10. The van der Waals surface area contributed by atoms with E-state index in [4.69, 9.17) is 4.74 Å². The second kappa shape index (κ2) is 7.39. The molecule has 0 spiro atoms. The van der Waals surface area contributed by atoms with Gasteiger partial charge in [-0.05, 0) is 46.3 Å². The Balaban J connectivity index is 2.58. The summed E-state index contributed by atoms with van der Waals surface area (Å²) >= 11 is 5.31. The van der Waals surface area contributed by atoms with Crippen molar-refractivity contribution in [1.82, 2.24) is 5.32 Å². The van der Waals surface area contributed by atoms with E-state index in [9.17, 15) is 0 Å². The fraction of sp³-hybridized carbons (Fsp3) is 0.636. The Hall–Kier alpha value is 0.100. The summed E-state index contributed by atoms with van der Waals surface area (Å²) in [6.07, 6.45) is 2.18. The van der Waals surface area contributed by atoms with E-state index in [0.717, 1.165) is 26.0 Å². The van der Waals surface area contributed by atoms with Gasteiger partial charge in [0.1, 0.15) is 0 Å². The summed E-state index contributed by atoms with van der Waals surface area (Å²) < 4.78 is 6.34. The topological polar surface area (TPSA) is 21.3 Å². The third kappa shape index (κ3) is 4.23. The Morgan fingerprint density at radius 3 is 2.87 bits per heavy atom. The Morgan fingerprint density at radius 2 is 2.33 bits per heavy atom. The minimum Gasteiger partial charge on any atom is -0.385 e. The number of thiophene rings is 1. The predicted octanol–water partition coefficient (Wildman–Crippen LogP) is 3.59. The summed E-state index contributed by atoms with van der Waals surface area (Å²) in [5.41, 5.74) is 1.35. The summed E-state index contributed by atoms with van der Waals surface area (Å²) in [4.78, 5) is 0. The van der Waals surface area contributed by atoms with Crippen LogP contribution in [0.5, 0.6) is 0 Å². The van der Waals surface area contributed by atoms with E-state index in [2.05, 4.69) is 38.9 Å². The third-order valence-electron chi connectivity index (χ3n) is 2.27. The molecule has 1 atom stereocenters. The van der Waals surface area contributed by atoms with Gasteiger partial charge in [0.2, 0.25) is 0 Å². The zero-order valence-corrected chi connectivity index (χ0v) is 11.7. The molecule has 1 heterocycles. The lowest BCUT2D eigenvalue weighted by Gasteiger charge is -2.17. The lowest BCUT2D eigenvalue weighted by molar-refractivity contribution is 0.183. The Morgan fingerprint density at radius 1 is 1.53 bits per heavy atom. The van der Waals surface area contributed by atoms with Crippen LogP contribution in [0.25, 0.3) is 0 Å². The molecule has 0 aliphatic carbocycles. The molecule has 0 radical (unpaired) electrons. The van der Waals surface area contributed by atoms with Crippen LogP contribution in [0.15, 0.2) is 15.2 Å². The smallest absolute Gasteiger partial charge is 0.0480 e. The van der Waals surface area contributed by atoms with E-state index in [1.54, 1.807) is 18.4 Å². The summed E-state index contributed by atoms with van der Waals surface area (Å²) in [6, 6.07) is 0.408. The molecule has 0 saturated heterocycles. The first-order valence-corrected chi connectivity index (χ1v) is 6.97. The van der Waals surface area contributed by atoms with Crippen molar-refractivity contribution in [3.63, 3.8) is 0 Å². The van der Waals surface area contributed by atoms with E-state index in [1.165, 1.54) is 10.0 Å². The van der Waals surface area contributed by atoms with Crippen LogP contribution < -0.4 is 5.32 Å². The van der Waals surface area contributed by atoms with Crippen molar-refractivity contribution in [2.45, 2.75) is 25.8 Å². The molecule has 15 heavy (non-hydrogen) atoms. The lowest BCUT2D eigenvalue weighted by atomic mass is 10.1. The molecule has 0 aliphatic rings. The molecule has 1 rings (SSSR count). The molecule has 2 nitrogen and oxygen atoms in total. The van der Waals surface area contributed by atoms with Crippen LogP contribution in [-0.4, -0.2) is 20.3 Å². The van der Waals surface area contributed by atoms with E-state index < -0.39 is 0 Å². The number of hydrogen-bond acceptors (Lipinski definition) is 3. The van der Waals surface area contributed by atoms with Gasteiger partial charge in [0.15, 0.2) is 0 Å². The maximum atomic E-state index is 5.14. The molecule has 1 unspecified atom stereocenters. The number of methoxy groups -OCH3 is 1. The normalized spacial score (nSPS) is 13.0. The van der Waals surface area contributed by atoms with Gasteiger partial charge in [-0.25, -0.2) is 0 Å². The quantitative estimate of drug-likeness (QED) is 0.829. The second-order valence-corrected chi connectivity index (χ2v) is 5.06. The van der Waals surface area contributed by atoms with Gasteiger partial charge in [-0.15, -0.1) is 0 Å². The minimum atomic E-state index is 0.408. The molecular formula is C11H18BrNOS. The van der Waals surface area contributed by atoms with Crippen LogP contribution in [0, 0.1) is 0 Å². The van der Waals surface area contributed by atoms with Crippen LogP contribution in [-0.2, 0) is 4.74 Å². The molecule has 1 aromatic rings. The van der Waals surface area contributed by atoms with Crippen molar-refractivity contribution in [1.29, 1.82) is 0 Å². The summed E-state index contributed by atoms with van der Waals surface area (Å²) in [6.45, 7) is 4.03. The van der Waals surface area contributed by atoms with Crippen LogP contribution in [0.4, 0.5) is 0 Å². The Bertz CT molecular complexity index is 269. The average Bonchev–Trinajstić information content (AvgIpc) is 2.65. The molecule has 0 saturated carbocycles. The van der Waals surface area contributed by atoms with Crippen molar-refractivity contribution in [2.24, 2.45) is 0 Å². The summed E-state index contributed by atoms with van der Waals surface area (Å²) in [5, 5.41) is 7.87. The van der Waals surface area contributed by atoms with Crippen molar-refractivity contribution in [3.05, 3.63) is 20.8 Å². The zero-order chi connectivity index (χ0) is 11.1. The molecule has 86 valence electrons. The van der Waals surface area contributed by atoms with Crippen molar-refractivity contribution < 1.29 is 4.74 Å². The fourth-order valence-electron chi connectivity index (χ4n) is 1.46. The second-order valence-electron chi connectivity index (χ2n) is 3.46. The van der Waals surface area contributed by atoms with Crippen molar-refractivity contribution in [2.75, 3.05) is 20.3 Å². The average molecular weight is 292 g/mol. The lowest BCUT2D eigenvalue weighted by Crippen LogP contribution is -2.23. The Labute approximate surface area is 104 Å². The van der Waals surface area contributed by atoms with Gasteiger partial charge in [-0.1, -0.05) is 6.92 Å². The molecule has 1 N–H and O–H groups in total. The largest absolute Gasteiger partial charge is 0.385 e. The van der Waals surface area contributed by atoms with E-state index in [1.807, 2.05) is 0 Å². The van der Waals surface area contributed by atoms with E-state index in [0.29, 0.717) is 6.04 Å². The van der Waals surface area contributed by atoms with Gasteiger partial charge in [0.05, 0.1) is 0 Å². The van der Waals surface area contributed by atoms with Crippen molar-refractivity contribution >= 4 is 27.3 Å². The molecule has 0 bridgehead atoms. The van der Waals surface area contributed by atoms with Gasteiger partial charge < -0.3 is 10.1 Å². The number of nitrogens with one attached hydrogen (secondary N) is 1. The first kappa shape index (κ1) is 13.2. The monoisotopic (exact) mass is 291 g/mol. The number of halogens is 1. The van der Waals surface area contributed by atoms with Crippen LogP contribution in [0.2, 0.25) is 0 Å². The molecule has 0 fully saturated rings. The highest BCUT2D eigenvalue weighted by Gasteiger charge is 2.13. The molecule has 0 amide bonds. The zero-order valence-electron chi connectivity index (χ0n) is 9.25. The minimum absolute atomic E-state index is 0.408. The maximum absolute atomic E-state index is 5.14. The molecule has 1 aromatic heterocycles. The Kier molecular flexibility index (Phi) is 6.48. The maximum Gasteiger partial charge on any atom is 0.0480 e. The van der Waals surface area contributed by atoms with Gasteiger partial charge in [-0.3, -0.25) is 0 Å².